The van der Waals surface area contributed by atoms with E-state index in [4.69, 9.17) is 34.8 Å². The van der Waals surface area contributed by atoms with Gasteiger partial charge < -0.3 is 4.98 Å². The van der Waals surface area contributed by atoms with Crippen LogP contribution < -0.4 is 22.1 Å². The van der Waals surface area contributed by atoms with Crippen molar-refractivity contribution in [1.82, 2.24) is 15.0 Å². The number of hydrogen-bond donors (Lipinski definition) is 3. The number of carbonyl (C=O) groups excluding carboxylic acids is 1. The molecule has 3 N–H and O–H groups in total. The van der Waals surface area contributed by atoms with Crippen molar-refractivity contribution in [1.29, 1.82) is 0 Å². The molecular weight excluding hydrogens is 415 g/mol. The van der Waals surface area contributed by atoms with Gasteiger partial charge in [-0.3, -0.25) is 25.0 Å². The molecule has 0 fully saturated rings. The SMILES string of the molecule is CCn1c(=O)[nH]c2cc(C(=O)NNc3c(Cl)cc(Cl)cc3Cl)ccc2c1=O. The third-order valence-corrected chi connectivity index (χ3v) is 4.68. The standard InChI is InChI=1S/C17H13Cl3N4O3/c1-2-24-16(26)10-4-3-8(5-13(10)21-17(24)27)15(25)23-22-14-11(19)6-9(18)7-12(14)20/h3-7,22H,2H2,1H3,(H,21,27)(H,23,25). The molecule has 1 amide bonds. The molecule has 1 aromatic heterocycles. The number of benzene rings is 2. The number of aromatic amines is 1. The molecule has 0 aliphatic carbocycles. The maximum atomic E-state index is 12.4. The summed E-state index contributed by atoms with van der Waals surface area (Å²) in [4.78, 5) is 39.2. The Morgan fingerprint density at radius 3 is 2.41 bits per heavy atom. The van der Waals surface area contributed by atoms with E-state index in [0.717, 1.165) is 4.57 Å². The zero-order valence-electron chi connectivity index (χ0n) is 13.9. The molecule has 3 aromatic rings. The third-order valence-electron chi connectivity index (χ3n) is 3.87. The van der Waals surface area contributed by atoms with Gasteiger partial charge in [0.25, 0.3) is 11.5 Å². The molecule has 0 spiro atoms. The number of carbonyl (C=O) groups is 1. The molecule has 27 heavy (non-hydrogen) atoms. The first-order chi connectivity index (χ1) is 12.8. The Morgan fingerprint density at radius 2 is 1.78 bits per heavy atom. The highest BCUT2D eigenvalue weighted by Gasteiger charge is 2.12. The largest absolute Gasteiger partial charge is 0.328 e. The average molecular weight is 428 g/mol. The van der Waals surface area contributed by atoms with Crippen LogP contribution in [0.5, 0.6) is 0 Å². The number of nitrogens with one attached hydrogen (secondary N) is 3. The second kappa shape index (κ2) is 7.64. The summed E-state index contributed by atoms with van der Waals surface area (Å²) < 4.78 is 1.08. The number of anilines is 1. The molecule has 0 saturated carbocycles. The van der Waals surface area contributed by atoms with E-state index < -0.39 is 17.2 Å². The van der Waals surface area contributed by atoms with Gasteiger partial charge in [-0.25, -0.2) is 4.79 Å². The van der Waals surface area contributed by atoms with Crippen molar-refractivity contribution in [3.8, 4) is 0 Å². The van der Waals surface area contributed by atoms with Crippen molar-refractivity contribution in [2.24, 2.45) is 0 Å². The van der Waals surface area contributed by atoms with Crippen LogP contribution in [0.2, 0.25) is 15.1 Å². The Hall–Kier alpha value is -2.48. The Kier molecular flexibility index (Phi) is 5.46. The Balaban J connectivity index is 1.89. The van der Waals surface area contributed by atoms with Crippen LogP contribution in [-0.2, 0) is 6.54 Å². The molecule has 1 heterocycles. The number of aromatic nitrogens is 2. The summed E-state index contributed by atoms with van der Waals surface area (Å²) in [6, 6.07) is 7.33. The molecule has 3 rings (SSSR count). The van der Waals surface area contributed by atoms with Gasteiger partial charge in [-0.05, 0) is 37.3 Å². The van der Waals surface area contributed by atoms with Crippen molar-refractivity contribution in [2.75, 3.05) is 5.43 Å². The molecule has 7 nitrogen and oxygen atoms in total. The van der Waals surface area contributed by atoms with Crippen LogP contribution in [0, 0.1) is 0 Å². The lowest BCUT2D eigenvalue weighted by atomic mass is 10.1. The van der Waals surface area contributed by atoms with Gasteiger partial charge in [0.15, 0.2) is 0 Å². The topological polar surface area (TPSA) is 96.0 Å². The first-order valence-electron chi connectivity index (χ1n) is 7.79. The van der Waals surface area contributed by atoms with Gasteiger partial charge in [0.05, 0.1) is 26.6 Å². The molecule has 2 aromatic carbocycles. The molecule has 0 bridgehead atoms. The molecule has 10 heteroatoms. The minimum Gasteiger partial charge on any atom is -0.307 e. The van der Waals surface area contributed by atoms with Crippen LogP contribution in [0.4, 0.5) is 5.69 Å². The van der Waals surface area contributed by atoms with Gasteiger partial charge in [0.2, 0.25) is 0 Å². The van der Waals surface area contributed by atoms with E-state index >= 15 is 0 Å². The Labute approximate surface area is 167 Å². The maximum Gasteiger partial charge on any atom is 0.328 e. The first-order valence-corrected chi connectivity index (χ1v) is 8.93. The fourth-order valence-electron chi connectivity index (χ4n) is 2.54. The number of rotatable bonds is 4. The highest BCUT2D eigenvalue weighted by atomic mass is 35.5. The fraction of sp³-hybridized carbons (Fsp3) is 0.118. The van der Waals surface area contributed by atoms with E-state index in [9.17, 15) is 14.4 Å². The lowest BCUT2D eigenvalue weighted by Gasteiger charge is -2.12. The minimum absolute atomic E-state index is 0.223. The second-order valence-electron chi connectivity index (χ2n) is 5.56. The summed E-state index contributed by atoms with van der Waals surface area (Å²) in [6.45, 7) is 1.95. The predicted molar refractivity (Wildman–Crippen MR) is 107 cm³/mol. The molecule has 0 unspecified atom stereocenters. The van der Waals surface area contributed by atoms with Crippen LogP contribution in [0.3, 0.4) is 0 Å². The molecular formula is C17H13Cl3N4O3. The zero-order chi connectivity index (χ0) is 19.7. The minimum atomic E-state index is -0.537. The fourth-order valence-corrected chi connectivity index (χ4v) is 3.45. The van der Waals surface area contributed by atoms with Gasteiger partial charge in [-0.2, -0.15) is 0 Å². The van der Waals surface area contributed by atoms with Crippen LogP contribution in [0.15, 0.2) is 39.9 Å². The quantitative estimate of drug-likeness (QED) is 0.556. The predicted octanol–water partition coefficient (Wildman–Crippen LogP) is 3.43. The molecule has 0 aliphatic rings. The summed E-state index contributed by atoms with van der Waals surface area (Å²) in [5, 5.41) is 1.13. The number of hydrogen-bond acceptors (Lipinski definition) is 4. The van der Waals surface area contributed by atoms with Gasteiger partial charge >= 0.3 is 5.69 Å². The number of nitrogens with zero attached hydrogens (tertiary/aromatic N) is 1. The van der Waals surface area contributed by atoms with E-state index in [1.807, 2.05) is 0 Å². The van der Waals surface area contributed by atoms with E-state index in [1.165, 1.54) is 30.3 Å². The smallest absolute Gasteiger partial charge is 0.307 e. The summed E-state index contributed by atoms with van der Waals surface area (Å²) >= 11 is 17.9. The maximum absolute atomic E-state index is 12.4. The van der Waals surface area contributed by atoms with Crippen LogP contribution in [-0.4, -0.2) is 15.5 Å². The van der Waals surface area contributed by atoms with Crippen molar-refractivity contribution in [2.45, 2.75) is 13.5 Å². The van der Waals surface area contributed by atoms with Crippen LogP contribution >= 0.6 is 34.8 Å². The molecule has 140 valence electrons. The Bertz CT molecular complexity index is 1150. The molecule has 0 aliphatic heterocycles. The van der Waals surface area contributed by atoms with Gasteiger partial charge in [0, 0.05) is 17.1 Å². The highest BCUT2D eigenvalue weighted by molar-refractivity contribution is 6.41. The van der Waals surface area contributed by atoms with E-state index in [2.05, 4.69) is 15.8 Å². The lowest BCUT2D eigenvalue weighted by molar-refractivity contribution is 0.0963. The highest BCUT2D eigenvalue weighted by Crippen LogP contribution is 2.33. The van der Waals surface area contributed by atoms with Crippen LogP contribution in [0.1, 0.15) is 17.3 Å². The molecule has 0 atom stereocenters. The van der Waals surface area contributed by atoms with Crippen LogP contribution in [0.25, 0.3) is 10.9 Å². The Morgan fingerprint density at radius 1 is 1.11 bits per heavy atom. The summed E-state index contributed by atoms with van der Waals surface area (Å²) in [5.41, 5.74) is 4.92. The number of H-pyrrole nitrogens is 1. The van der Waals surface area contributed by atoms with E-state index in [1.54, 1.807) is 6.92 Å². The number of fused-ring (bicyclic) bond motifs is 1. The summed E-state index contributed by atoms with van der Waals surface area (Å²) in [7, 11) is 0. The number of halogens is 3. The van der Waals surface area contributed by atoms with Gasteiger partial charge in [-0.1, -0.05) is 34.8 Å². The average Bonchev–Trinajstić information content (AvgIpc) is 2.60. The lowest BCUT2D eigenvalue weighted by Crippen LogP contribution is -2.34. The van der Waals surface area contributed by atoms with Crippen molar-refractivity contribution in [3.05, 3.63) is 71.8 Å². The van der Waals surface area contributed by atoms with Crippen molar-refractivity contribution >= 4 is 57.3 Å². The zero-order valence-corrected chi connectivity index (χ0v) is 16.2. The first kappa shape index (κ1) is 19.3. The number of amides is 1. The summed E-state index contributed by atoms with van der Waals surface area (Å²) in [6.07, 6.45) is 0. The van der Waals surface area contributed by atoms with Crippen molar-refractivity contribution < 1.29 is 4.79 Å². The monoisotopic (exact) mass is 426 g/mol. The number of hydrazine groups is 1. The van der Waals surface area contributed by atoms with Crippen molar-refractivity contribution in [3.63, 3.8) is 0 Å². The third kappa shape index (κ3) is 3.80. The molecule has 0 saturated heterocycles. The normalized spacial score (nSPS) is 10.8. The van der Waals surface area contributed by atoms with Gasteiger partial charge in [0.1, 0.15) is 0 Å². The summed E-state index contributed by atoms with van der Waals surface area (Å²) in [5.74, 6) is -0.514. The molecule has 0 radical (unpaired) electrons. The van der Waals surface area contributed by atoms with E-state index in [0.29, 0.717) is 10.4 Å². The van der Waals surface area contributed by atoms with Gasteiger partial charge in [-0.15, -0.1) is 0 Å². The second-order valence-corrected chi connectivity index (χ2v) is 6.81. The van der Waals surface area contributed by atoms with E-state index in [-0.39, 0.29) is 33.4 Å².